The highest BCUT2D eigenvalue weighted by Gasteiger charge is 2.38. The molecule has 3 aliphatic rings. The number of anilines is 1. The largest absolute Gasteiger partial charge is 0.361 e. The van der Waals surface area contributed by atoms with Crippen LogP contribution in [0.5, 0.6) is 0 Å². The highest BCUT2D eigenvalue weighted by atomic mass is 19.1. The maximum Gasteiger partial charge on any atom is 0.249 e. The van der Waals surface area contributed by atoms with Crippen LogP contribution >= 0.6 is 0 Å². The van der Waals surface area contributed by atoms with E-state index in [1.807, 2.05) is 4.90 Å². The number of piperazine rings is 1. The van der Waals surface area contributed by atoms with Gasteiger partial charge in [-0.15, -0.1) is 0 Å². The van der Waals surface area contributed by atoms with Crippen LogP contribution in [0.3, 0.4) is 0 Å². The predicted octanol–water partition coefficient (Wildman–Crippen LogP) is 1.84. The number of hydrogen-bond donors (Lipinski definition) is 2. The number of imide groups is 1. The summed E-state index contributed by atoms with van der Waals surface area (Å²) in [4.78, 5) is 25.5. The van der Waals surface area contributed by atoms with Gasteiger partial charge in [0.1, 0.15) is 11.9 Å². The monoisotopic (exact) mass is 374 g/mol. The lowest BCUT2D eigenvalue weighted by Crippen LogP contribution is -2.52. The fourth-order valence-electron chi connectivity index (χ4n) is 4.75. The Labute approximate surface area is 154 Å². The van der Waals surface area contributed by atoms with E-state index in [0.29, 0.717) is 12.1 Å². The molecule has 0 aliphatic carbocycles. The van der Waals surface area contributed by atoms with Crippen LogP contribution < -0.4 is 15.5 Å². The van der Waals surface area contributed by atoms with E-state index in [9.17, 15) is 14.0 Å². The summed E-state index contributed by atoms with van der Waals surface area (Å²) < 4.78 is 31.7. The average molecular weight is 374 g/mol. The average Bonchev–Trinajstić information content (AvgIpc) is 3.18. The lowest BCUT2D eigenvalue weighted by molar-refractivity contribution is -0.135. The second-order valence-electron chi connectivity index (χ2n) is 7.64. The van der Waals surface area contributed by atoms with Crippen molar-refractivity contribution in [2.24, 2.45) is 0 Å². The van der Waals surface area contributed by atoms with Crippen molar-refractivity contribution < 1.29 is 18.4 Å². The molecule has 0 spiro atoms. The Kier molecular flexibility index (Phi) is 3.72. The molecular formula is C19H20F2N4O2. The first-order chi connectivity index (χ1) is 13.0. The Morgan fingerprint density at radius 3 is 2.41 bits per heavy atom. The van der Waals surface area contributed by atoms with Gasteiger partial charge in [0, 0.05) is 60.8 Å². The van der Waals surface area contributed by atoms with E-state index in [2.05, 4.69) is 10.6 Å². The molecule has 2 amide bonds. The van der Waals surface area contributed by atoms with Crippen LogP contribution in [0.1, 0.15) is 31.7 Å². The van der Waals surface area contributed by atoms with Gasteiger partial charge in [-0.1, -0.05) is 0 Å². The number of rotatable bonds is 2. The van der Waals surface area contributed by atoms with Crippen LogP contribution in [-0.4, -0.2) is 41.6 Å². The van der Waals surface area contributed by atoms with Crippen LogP contribution in [0.25, 0.3) is 10.8 Å². The van der Waals surface area contributed by atoms with Crippen molar-refractivity contribution in [3.05, 3.63) is 30.1 Å². The van der Waals surface area contributed by atoms with Crippen molar-refractivity contribution in [1.29, 1.82) is 0 Å². The molecule has 2 bridgehead atoms. The van der Waals surface area contributed by atoms with E-state index in [0.717, 1.165) is 25.9 Å². The SMILES string of the molecule is O=C1CCC(n2cc3c(F)cc(N4C5CCC4CNC5)c(F)c3c2)C(=O)N1. The number of aromatic nitrogens is 1. The van der Waals surface area contributed by atoms with Crippen molar-refractivity contribution >= 4 is 28.3 Å². The van der Waals surface area contributed by atoms with Gasteiger partial charge >= 0.3 is 0 Å². The number of carbonyl (C=O) groups excluding carboxylic acids is 2. The summed E-state index contributed by atoms with van der Waals surface area (Å²) >= 11 is 0. The minimum Gasteiger partial charge on any atom is -0.361 e. The lowest BCUT2D eigenvalue weighted by atomic mass is 10.1. The fraction of sp³-hybridized carbons (Fsp3) is 0.474. The van der Waals surface area contributed by atoms with Crippen LogP contribution in [0.2, 0.25) is 0 Å². The molecule has 3 saturated heterocycles. The summed E-state index contributed by atoms with van der Waals surface area (Å²) in [5.74, 6) is -1.70. The highest BCUT2D eigenvalue weighted by molar-refractivity contribution is 6.00. The molecule has 27 heavy (non-hydrogen) atoms. The third-order valence-corrected chi connectivity index (χ3v) is 6.06. The predicted molar refractivity (Wildman–Crippen MR) is 95.4 cm³/mol. The zero-order valence-corrected chi connectivity index (χ0v) is 14.7. The summed E-state index contributed by atoms with van der Waals surface area (Å²) in [5, 5.41) is 5.95. The van der Waals surface area contributed by atoms with Crippen molar-refractivity contribution in [2.75, 3.05) is 18.0 Å². The number of carbonyl (C=O) groups is 2. The van der Waals surface area contributed by atoms with Gasteiger partial charge in [0.25, 0.3) is 0 Å². The molecule has 2 aromatic rings. The van der Waals surface area contributed by atoms with E-state index in [-0.39, 0.29) is 35.2 Å². The summed E-state index contributed by atoms with van der Waals surface area (Å²) in [6.45, 7) is 1.54. The van der Waals surface area contributed by atoms with Crippen molar-refractivity contribution in [2.45, 2.75) is 43.8 Å². The first kappa shape index (κ1) is 16.7. The molecule has 3 unspecified atom stereocenters. The van der Waals surface area contributed by atoms with Crippen molar-refractivity contribution in [3.63, 3.8) is 0 Å². The molecule has 3 atom stereocenters. The van der Waals surface area contributed by atoms with E-state index in [1.54, 1.807) is 0 Å². The topological polar surface area (TPSA) is 66.4 Å². The smallest absolute Gasteiger partial charge is 0.249 e. The number of halogens is 2. The molecule has 0 saturated carbocycles. The minimum atomic E-state index is -0.632. The van der Waals surface area contributed by atoms with Gasteiger partial charge in [-0.3, -0.25) is 14.9 Å². The maximum atomic E-state index is 15.4. The quantitative estimate of drug-likeness (QED) is 0.788. The summed E-state index contributed by atoms with van der Waals surface area (Å²) in [6.07, 6.45) is 5.42. The molecule has 1 aromatic heterocycles. The molecule has 5 rings (SSSR count). The number of hydrogen-bond acceptors (Lipinski definition) is 4. The van der Waals surface area contributed by atoms with Crippen LogP contribution in [0.15, 0.2) is 18.5 Å². The van der Waals surface area contributed by atoms with Gasteiger partial charge in [0.15, 0.2) is 5.82 Å². The Bertz CT molecular complexity index is 941. The first-order valence-corrected chi connectivity index (χ1v) is 9.35. The Morgan fingerprint density at radius 2 is 1.70 bits per heavy atom. The number of fused-ring (bicyclic) bond motifs is 3. The molecule has 142 valence electrons. The Morgan fingerprint density at radius 1 is 1.00 bits per heavy atom. The zero-order chi connectivity index (χ0) is 18.7. The summed E-state index contributed by atoms with van der Waals surface area (Å²) in [7, 11) is 0. The van der Waals surface area contributed by atoms with Crippen molar-refractivity contribution in [3.8, 4) is 0 Å². The van der Waals surface area contributed by atoms with Gasteiger partial charge in [0.2, 0.25) is 11.8 Å². The summed E-state index contributed by atoms with van der Waals surface area (Å²) in [5.41, 5.74) is 0.301. The Balaban J connectivity index is 1.57. The molecule has 0 radical (unpaired) electrons. The van der Waals surface area contributed by atoms with Gasteiger partial charge in [-0.25, -0.2) is 8.78 Å². The second-order valence-corrected chi connectivity index (χ2v) is 7.64. The molecule has 4 heterocycles. The van der Waals surface area contributed by atoms with E-state index >= 15 is 4.39 Å². The van der Waals surface area contributed by atoms with E-state index in [1.165, 1.54) is 23.0 Å². The van der Waals surface area contributed by atoms with E-state index < -0.39 is 23.6 Å². The van der Waals surface area contributed by atoms with Crippen LogP contribution in [-0.2, 0) is 9.59 Å². The maximum absolute atomic E-state index is 15.4. The standard InChI is InChI=1S/C19H20F2N4O2/c20-14-5-16(25-10-1-2-11(25)7-22-6-10)18(21)13-9-24(8-12(13)14)15-3-4-17(26)23-19(15)27/h5,8-11,15,22H,1-4,6-7H2,(H,23,26,27). The van der Waals surface area contributed by atoms with Crippen LogP contribution in [0.4, 0.5) is 14.5 Å². The van der Waals surface area contributed by atoms with E-state index in [4.69, 9.17) is 0 Å². The third kappa shape index (κ3) is 2.54. The fourth-order valence-corrected chi connectivity index (χ4v) is 4.75. The first-order valence-electron chi connectivity index (χ1n) is 9.35. The molecular weight excluding hydrogens is 354 g/mol. The molecule has 1 aromatic carbocycles. The number of nitrogens with one attached hydrogen (secondary N) is 2. The molecule has 8 heteroatoms. The molecule has 3 fully saturated rings. The second kappa shape index (κ2) is 6.02. The van der Waals surface area contributed by atoms with Gasteiger partial charge in [-0.2, -0.15) is 0 Å². The summed E-state index contributed by atoms with van der Waals surface area (Å²) in [6, 6.07) is 0.996. The van der Waals surface area contributed by atoms with Crippen molar-refractivity contribution in [1.82, 2.24) is 15.2 Å². The normalized spacial score (nSPS) is 28.1. The lowest BCUT2D eigenvalue weighted by Gasteiger charge is -2.37. The van der Waals surface area contributed by atoms with Crippen LogP contribution in [0, 0.1) is 11.6 Å². The minimum absolute atomic E-state index is 0.156. The van der Waals surface area contributed by atoms with Gasteiger partial charge in [-0.05, 0) is 19.3 Å². The number of amides is 2. The molecule has 2 N–H and O–H groups in total. The third-order valence-electron chi connectivity index (χ3n) is 6.06. The number of piperidine rings is 1. The Hall–Kier alpha value is -2.48. The van der Waals surface area contributed by atoms with Gasteiger partial charge < -0.3 is 14.8 Å². The highest BCUT2D eigenvalue weighted by Crippen LogP contribution is 2.38. The molecule has 3 aliphatic heterocycles. The van der Waals surface area contributed by atoms with Gasteiger partial charge in [0.05, 0.1) is 5.69 Å². The zero-order valence-electron chi connectivity index (χ0n) is 14.7. The molecule has 6 nitrogen and oxygen atoms in total. The number of benzene rings is 1. The number of nitrogens with zero attached hydrogens (tertiary/aromatic N) is 2.